The largest absolute Gasteiger partial charge is 0.462 e. The van der Waals surface area contributed by atoms with Gasteiger partial charge in [-0.3, -0.25) is 9.59 Å². The van der Waals surface area contributed by atoms with Crippen LogP contribution >= 0.6 is 0 Å². The fraction of sp³-hybridized carbons (Fsp3) is 0.909. The average molecular weight is 707 g/mol. The van der Waals surface area contributed by atoms with Gasteiger partial charge in [-0.25, -0.2) is 0 Å². The van der Waals surface area contributed by atoms with Crippen LogP contribution in [0.15, 0.2) is 12.2 Å². The quantitative estimate of drug-likeness (QED) is 0.0616. The number of carbonyl (C=O) groups is 2. The minimum atomic E-state index is -1.20. The van der Waals surface area contributed by atoms with E-state index < -0.39 is 16.9 Å². The molecule has 50 heavy (non-hydrogen) atoms. The van der Waals surface area contributed by atoms with Crippen LogP contribution in [0.4, 0.5) is 0 Å². The number of rotatable bonds is 29. The summed E-state index contributed by atoms with van der Waals surface area (Å²) in [4.78, 5) is 28.3. The second-order valence-corrected chi connectivity index (χ2v) is 19.1. The molecule has 0 aliphatic rings. The first-order valence-corrected chi connectivity index (χ1v) is 20.5. The van der Waals surface area contributed by atoms with E-state index in [1.54, 1.807) is 6.92 Å². The van der Waals surface area contributed by atoms with E-state index in [0.717, 1.165) is 50.0 Å². The number of esters is 2. The van der Waals surface area contributed by atoms with Crippen molar-refractivity contribution in [2.45, 2.75) is 191 Å². The van der Waals surface area contributed by atoms with Crippen molar-refractivity contribution in [3.8, 4) is 0 Å². The lowest BCUT2D eigenvalue weighted by atomic mass is 9.73. The Kier molecular flexibility index (Phi) is 24.1. The molecule has 0 aromatic carbocycles. The zero-order chi connectivity index (χ0) is 38.5. The molecule has 0 aliphatic heterocycles. The minimum absolute atomic E-state index is 0.0405. The lowest BCUT2D eigenvalue weighted by Crippen LogP contribution is -2.51. The van der Waals surface area contributed by atoms with Crippen LogP contribution in [0.5, 0.6) is 0 Å². The van der Waals surface area contributed by atoms with E-state index in [2.05, 4.69) is 87.1 Å². The predicted molar refractivity (Wildman–Crippen MR) is 215 cm³/mol. The van der Waals surface area contributed by atoms with Crippen molar-refractivity contribution in [1.29, 1.82) is 0 Å². The zero-order valence-corrected chi connectivity index (χ0v) is 35.8. The van der Waals surface area contributed by atoms with Gasteiger partial charge in [0.25, 0.3) is 0 Å². The molecule has 0 spiro atoms. The Hall–Kier alpha value is -1.40. The molecule has 0 aromatic rings. The Labute approximate surface area is 311 Å². The highest BCUT2D eigenvalue weighted by Gasteiger charge is 2.42. The van der Waals surface area contributed by atoms with Crippen LogP contribution in [0.25, 0.3) is 0 Å². The fourth-order valence-corrected chi connectivity index (χ4v) is 7.65. The first-order chi connectivity index (χ1) is 23.1. The summed E-state index contributed by atoms with van der Waals surface area (Å²) in [5.41, 5.74) is 4.99. The van der Waals surface area contributed by atoms with Crippen LogP contribution in [0, 0.1) is 40.4 Å². The van der Waals surface area contributed by atoms with Crippen LogP contribution < -0.4 is 5.73 Å². The molecule has 2 N–H and O–H groups in total. The summed E-state index contributed by atoms with van der Waals surface area (Å²) in [6.45, 7) is 27.6. The van der Waals surface area contributed by atoms with Crippen molar-refractivity contribution < 1.29 is 19.1 Å². The Morgan fingerprint density at radius 1 is 0.700 bits per heavy atom. The third kappa shape index (κ3) is 24.7. The molecule has 0 rings (SSSR count). The van der Waals surface area contributed by atoms with E-state index >= 15 is 0 Å². The van der Waals surface area contributed by atoms with E-state index in [-0.39, 0.29) is 24.1 Å². The molecule has 0 aromatic heterocycles. The van der Waals surface area contributed by atoms with Crippen molar-refractivity contribution in [2.75, 3.05) is 27.2 Å². The maximum Gasteiger partial charge on any atom is 0.326 e. The van der Waals surface area contributed by atoms with Gasteiger partial charge in [-0.15, -0.1) is 0 Å². The normalized spacial score (nSPS) is 16.5. The molecule has 0 aliphatic carbocycles. The van der Waals surface area contributed by atoms with Gasteiger partial charge in [0.05, 0.1) is 0 Å². The molecule has 0 radical (unpaired) electrons. The number of nitrogens with zero attached hydrogens (tertiary/aromatic N) is 1. The van der Waals surface area contributed by atoms with Gasteiger partial charge >= 0.3 is 11.9 Å². The highest BCUT2D eigenvalue weighted by atomic mass is 16.5. The van der Waals surface area contributed by atoms with Gasteiger partial charge in [0.1, 0.15) is 18.2 Å². The molecule has 6 nitrogen and oxygen atoms in total. The highest BCUT2D eigenvalue weighted by molar-refractivity contribution is 5.80. The lowest BCUT2D eigenvalue weighted by molar-refractivity contribution is -0.159. The number of hydrogen-bond donors (Lipinski definition) is 1. The molecule has 0 fully saturated rings. The molecule has 5 unspecified atom stereocenters. The summed E-state index contributed by atoms with van der Waals surface area (Å²) in [6, 6.07) is 0. The summed E-state index contributed by atoms with van der Waals surface area (Å²) < 4.78 is 11.9. The molecule has 0 heterocycles. The Bertz CT molecular complexity index is 936. The van der Waals surface area contributed by atoms with Crippen LogP contribution in [0.2, 0.25) is 0 Å². The molecule has 296 valence electrons. The second-order valence-electron chi connectivity index (χ2n) is 19.1. The lowest BCUT2D eigenvalue weighted by Gasteiger charge is -2.39. The summed E-state index contributed by atoms with van der Waals surface area (Å²) in [5.74, 6) is 2.97. The Morgan fingerprint density at radius 2 is 1.20 bits per heavy atom. The van der Waals surface area contributed by atoms with Crippen LogP contribution in [-0.2, 0) is 19.1 Å². The molecule has 0 saturated carbocycles. The Balaban J connectivity index is 5.15. The van der Waals surface area contributed by atoms with Gasteiger partial charge in [0.2, 0.25) is 0 Å². The van der Waals surface area contributed by atoms with Gasteiger partial charge in [-0.05, 0) is 94.7 Å². The number of hydrogen-bond acceptors (Lipinski definition) is 6. The van der Waals surface area contributed by atoms with Crippen molar-refractivity contribution >= 4 is 11.9 Å². The van der Waals surface area contributed by atoms with Crippen LogP contribution in [0.1, 0.15) is 179 Å². The summed E-state index contributed by atoms with van der Waals surface area (Å²) >= 11 is 0. The predicted octanol–water partition coefficient (Wildman–Crippen LogP) is 11.4. The number of nitrogens with two attached hydrogens (primary N) is 1. The SMILES string of the molecule is CC(C)CCCC(C)CCCC(C)CCCC(C)CCC(OC(=O)CCCN(C)C)C(C)(C)CC(C)(N)C(=O)OC/C=C\C(C)(C)CC(C)C. The Morgan fingerprint density at radius 3 is 1.68 bits per heavy atom. The molecular weight excluding hydrogens is 620 g/mol. The van der Waals surface area contributed by atoms with Crippen molar-refractivity contribution in [3.05, 3.63) is 12.2 Å². The molecule has 0 saturated heterocycles. The first kappa shape index (κ1) is 48.6. The van der Waals surface area contributed by atoms with Crippen molar-refractivity contribution in [3.63, 3.8) is 0 Å². The minimum Gasteiger partial charge on any atom is -0.462 e. The molecule has 6 heteroatoms. The topological polar surface area (TPSA) is 81.9 Å². The van der Waals surface area contributed by atoms with E-state index in [1.807, 2.05) is 20.2 Å². The van der Waals surface area contributed by atoms with Crippen LogP contribution in [-0.4, -0.2) is 55.7 Å². The summed E-state index contributed by atoms with van der Waals surface area (Å²) in [5, 5.41) is 0. The monoisotopic (exact) mass is 707 g/mol. The van der Waals surface area contributed by atoms with E-state index in [9.17, 15) is 9.59 Å². The third-order valence-corrected chi connectivity index (χ3v) is 10.4. The maximum absolute atomic E-state index is 13.2. The number of ether oxygens (including phenoxy) is 2. The van der Waals surface area contributed by atoms with E-state index in [1.165, 1.54) is 57.8 Å². The second kappa shape index (κ2) is 24.8. The smallest absolute Gasteiger partial charge is 0.326 e. The van der Waals surface area contributed by atoms with Gasteiger partial charge < -0.3 is 20.1 Å². The van der Waals surface area contributed by atoms with Crippen molar-refractivity contribution in [1.82, 2.24) is 4.90 Å². The van der Waals surface area contributed by atoms with Gasteiger partial charge in [0.15, 0.2) is 0 Å². The summed E-state index contributed by atoms with van der Waals surface area (Å²) in [7, 11) is 4.03. The van der Waals surface area contributed by atoms with Gasteiger partial charge in [-0.2, -0.15) is 0 Å². The van der Waals surface area contributed by atoms with E-state index in [0.29, 0.717) is 24.7 Å². The number of allylic oxidation sites excluding steroid dienone is 1. The maximum atomic E-state index is 13.2. The highest BCUT2D eigenvalue weighted by Crippen LogP contribution is 2.37. The average Bonchev–Trinajstić information content (AvgIpc) is 2.95. The molecule has 0 amide bonds. The molecule has 0 bridgehead atoms. The van der Waals surface area contributed by atoms with Gasteiger partial charge in [-0.1, -0.05) is 146 Å². The third-order valence-electron chi connectivity index (χ3n) is 10.4. The number of carbonyl (C=O) groups excluding carboxylic acids is 2. The zero-order valence-electron chi connectivity index (χ0n) is 35.8. The molecule has 5 atom stereocenters. The summed E-state index contributed by atoms with van der Waals surface area (Å²) in [6.07, 6.45) is 19.9. The van der Waals surface area contributed by atoms with Crippen LogP contribution in [0.3, 0.4) is 0 Å². The molecular formula is C44H86N2O4. The standard InChI is InChI=1S/C44H86N2O4/c1-34(2)20-15-21-36(5)22-16-23-37(6)24-17-25-38(7)27-28-39(50-40(47)26-18-30-46(13)14)43(10,11)33-44(12,45)41(48)49-31-19-29-42(8,9)32-35(3)4/h19,29,34-39H,15-18,20-28,30-33,45H2,1-14H3/b29-19-. The van der Waals surface area contributed by atoms with Gasteiger partial charge in [0, 0.05) is 11.8 Å². The fourth-order valence-electron chi connectivity index (χ4n) is 7.65. The van der Waals surface area contributed by atoms with E-state index in [4.69, 9.17) is 15.2 Å². The first-order valence-electron chi connectivity index (χ1n) is 20.5. The van der Waals surface area contributed by atoms with Crippen molar-refractivity contribution in [2.24, 2.45) is 46.2 Å².